The molecule has 1 aromatic heterocycles. The fraction of sp³-hybridized carbons (Fsp3) is 0.421. The Balaban J connectivity index is 1.70. The molecule has 1 aliphatic heterocycles. The van der Waals surface area contributed by atoms with E-state index in [0.717, 1.165) is 10.9 Å². The van der Waals surface area contributed by atoms with Gasteiger partial charge in [0.25, 0.3) is 0 Å². The number of phenols is 1. The number of carbonyl (C=O) groups excluding carboxylic acids is 2. The molecule has 2 aromatic rings. The van der Waals surface area contributed by atoms with Crippen LogP contribution in [0.3, 0.4) is 0 Å². The molecule has 1 fully saturated rings. The molecule has 3 rings (SSSR count). The minimum atomic E-state index is -0.477. The van der Waals surface area contributed by atoms with Gasteiger partial charge in [-0.05, 0) is 31.0 Å². The fourth-order valence-corrected chi connectivity index (χ4v) is 3.33. The van der Waals surface area contributed by atoms with E-state index in [2.05, 4.69) is 0 Å². The highest BCUT2D eigenvalue weighted by atomic mass is 16.4. The maximum atomic E-state index is 12.4. The SMILES string of the molecule is CC(=O)N1CCN(C(=O)CCc2c(C)c3ccc(O)cc3oc2=O)CC1. The second-order valence-electron chi connectivity index (χ2n) is 6.56. The molecule has 0 radical (unpaired) electrons. The van der Waals surface area contributed by atoms with Gasteiger partial charge in [0, 0.05) is 56.5 Å². The first-order valence-electron chi connectivity index (χ1n) is 8.65. The molecule has 7 heteroatoms. The lowest BCUT2D eigenvalue weighted by atomic mass is 10.0. The Morgan fingerprint density at radius 3 is 2.46 bits per heavy atom. The molecule has 1 N–H and O–H groups in total. The van der Waals surface area contributed by atoms with Gasteiger partial charge in [0.1, 0.15) is 11.3 Å². The molecule has 0 bridgehead atoms. The molecule has 2 heterocycles. The molecule has 0 aliphatic carbocycles. The van der Waals surface area contributed by atoms with E-state index < -0.39 is 5.63 Å². The topological polar surface area (TPSA) is 91.1 Å². The van der Waals surface area contributed by atoms with Crippen molar-refractivity contribution in [3.8, 4) is 5.75 Å². The highest BCUT2D eigenvalue weighted by Gasteiger charge is 2.23. The van der Waals surface area contributed by atoms with Crippen LogP contribution in [0.5, 0.6) is 5.75 Å². The standard InChI is InChI=1S/C19H22N2O5/c1-12-15-4-3-14(23)11-17(15)26-19(25)16(12)5-6-18(24)21-9-7-20(8-10-21)13(2)22/h3-4,11,23H,5-10H2,1-2H3. The number of phenolic OH excluding ortho intramolecular Hbond substituents is 1. The van der Waals surface area contributed by atoms with E-state index in [4.69, 9.17) is 4.42 Å². The maximum Gasteiger partial charge on any atom is 0.339 e. The molecule has 1 saturated heterocycles. The number of hydrogen-bond donors (Lipinski definition) is 1. The number of benzene rings is 1. The summed E-state index contributed by atoms with van der Waals surface area (Å²) in [5.74, 6) is 0.0259. The number of carbonyl (C=O) groups is 2. The van der Waals surface area contributed by atoms with Crippen LogP contribution in [0.4, 0.5) is 0 Å². The summed E-state index contributed by atoms with van der Waals surface area (Å²) in [6.07, 6.45) is 0.520. The zero-order chi connectivity index (χ0) is 18.8. The van der Waals surface area contributed by atoms with Crippen molar-refractivity contribution in [1.82, 2.24) is 9.80 Å². The van der Waals surface area contributed by atoms with E-state index in [1.54, 1.807) is 21.9 Å². The van der Waals surface area contributed by atoms with Crippen LogP contribution in [0.2, 0.25) is 0 Å². The van der Waals surface area contributed by atoms with Gasteiger partial charge in [-0.25, -0.2) is 4.79 Å². The van der Waals surface area contributed by atoms with Crippen molar-refractivity contribution < 1.29 is 19.1 Å². The molecule has 138 valence electrons. The van der Waals surface area contributed by atoms with Crippen LogP contribution in [-0.2, 0) is 16.0 Å². The Kier molecular flexibility index (Phi) is 4.97. The summed E-state index contributed by atoms with van der Waals surface area (Å²) in [6, 6.07) is 4.65. The number of amides is 2. The average molecular weight is 358 g/mol. The van der Waals surface area contributed by atoms with Crippen molar-refractivity contribution in [2.75, 3.05) is 26.2 Å². The second-order valence-corrected chi connectivity index (χ2v) is 6.56. The van der Waals surface area contributed by atoms with Crippen LogP contribution in [0, 0.1) is 6.92 Å². The van der Waals surface area contributed by atoms with Gasteiger partial charge in [-0.3, -0.25) is 9.59 Å². The van der Waals surface area contributed by atoms with Gasteiger partial charge in [0.2, 0.25) is 11.8 Å². The fourth-order valence-electron chi connectivity index (χ4n) is 3.33. The number of hydrogen-bond acceptors (Lipinski definition) is 5. The molecular weight excluding hydrogens is 336 g/mol. The third-order valence-electron chi connectivity index (χ3n) is 4.94. The molecule has 1 aromatic carbocycles. The molecule has 0 unspecified atom stereocenters. The quantitative estimate of drug-likeness (QED) is 0.838. The summed E-state index contributed by atoms with van der Waals surface area (Å²) in [6.45, 7) is 5.47. The summed E-state index contributed by atoms with van der Waals surface area (Å²) in [5, 5.41) is 10.3. The van der Waals surface area contributed by atoms with E-state index in [1.165, 1.54) is 13.0 Å². The third kappa shape index (κ3) is 3.56. The summed E-state index contributed by atoms with van der Waals surface area (Å²) in [4.78, 5) is 39.5. The number of rotatable bonds is 3. The van der Waals surface area contributed by atoms with Gasteiger partial charge in [0.05, 0.1) is 0 Å². The summed E-state index contributed by atoms with van der Waals surface area (Å²) in [7, 11) is 0. The highest BCUT2D eigenvalue weighted by Crippen LogP contribution is 2.24. The summed E-state index contributed by atoms with van der Waals surface area (Å²) < 4.78 is 5.29. The Morgan fingerprint density at radius 1 is 1.15 bits per heavy atom. The Hall–Kier alpha value is -2.83. The third-order valence-corrected chi connectivity index (χ3v) is 4.94. The molecule has 0 spiro atoms. The van der Waals surface area contributed by atoms with E-state index in [-0.39, 0.29) is 24.0 Å². The van der Waals surface area contributed by atoms with Crippen LogP contribution >= 0.6 is 0 Å². The molecule has 26 heavy (non-hydrogen) atoms. The first kappa shape index (κ1) is 18.0. The van der Waals surface area contributed by atoms with Crippen LogP contribution in [-0.4, -0.2) is 52.9 Å². The monoisotopic (exact) mass is 358 g/mol. The number of piperazine rings is 1. The lowest BCUT2D eigenvalue weighted by Gasteiger charge is -2.34. The van der Waals surface area contributed by atoms with E-state index >= 15 is 0 Å². The predicted octanol–water partition coefficient (Wildman–Crippen LogP) is 1.43. The number of aryl methyl sites for hydroxylation is 1. The summed E-state index contributed by atoms with van der Waals surface area (Å²) in [5.41, 5.74) is 1.11. The van der Waals surface area contributed by atoms with Crippen molar-refractivity contribution in [2.24, 2.45) is 0 Å². The Morgan fingerprint density at radius 2 is 1.81 bits per heavy atom. The Bertz CT molecular complexity index is 910. The predicted molar refractivity (Wildman–Crippen MR) is 96.0 cm³/mol. The van der Waals surface area contributed by atoms with Crippen LogP contribution in [0.15, 0.2) is 27.4 Å². The van der Waals surface area contributed by atoms with Crippen LogP contribution < -0.4 is 5.63 Å². The van der Waals surface area contributed by atoms with Crippen LogP contribution in [0.25, 0.3) is 11.0 Å². The molecule has 7 nitrogen and oxygen atoms in total. The van der Waals surface area contributed by atoms with E-state index in [0.29, 0.717) is 43.7 Å². The molecule has 1 aliphatic rings. The van der Waals surface area contributed by atoms with Gasteiger partial charge in [0.15, 0.2) is 0 Å². The van der Waals surface area contributed by atoms with Gasteiger partial charge in [-0.15, -0.1) is 0 Å². The number of aromatic hydroxyl groups is 1. The lowest BCUT2D eigenvalue weighted by Crippen LogP contribution is -2.50. The Labute approximate surface area is 150 Å². The smallest absolute Gasteiger partial charge is 0.339 e. The number of nitrogens with zero attached hydrogens (tertiary/aromatic N) is 2. The number of fused-ring (bicyclic) bond motifs is 1. The van der Waals surface area contributed by atoms with Gasteiger partial charge in [-0.2, -0.15) is 0 Å². The van der Waals surface area contributed by atoms with Crippen LogP contribution in [0.1, 0.15) is 24.5 Å². The molecular formula is C19H22N2O5. The van der Waals surface area contributed by atoms with Crippen molar-refractivity contribution in [3.63, 3.8) is 0 Å². The first-order valence-corrected chi connectivity index (χ1v) is 8.65. The average Bonchev–Trinajstić information content (AvgIpc) is 2.61. The molecule has 0 atom stereocenters. The summed E-state index contributed by atoms with van der Waals surface area (Å²) >= 11 is 0. The van der Waals surface area contributed by atoms with Crippen molar-refractivity contribution in [2.45, 2.75) is 26.7 Å². The zero-order valence-corrected chi connectivity index (χ0v) is 14.9. The molecule has 2 amide bonds. The second kappa shape index (κ2) is 7.19. The molecule has 0 saturated carbocycles. The minimum Gasteiger partial charge on any atom is -0.508 e. The lowest BCUT2D eigenvalue weighted by molar-refractivity contribution is -0.138. The minimum absolute atomic E-state index is 0.0209. The van der Waals surface area contributed by atoms with E-state index in [9.17, 15) is 19.5 Å². The normalized spacial score (nSPS) is 14.7. The maximum absolute atomic E-state index is 12.4. The van der Waals surface area contributed by atoms with Crippen molar-refractivity contribution >= 4 is 22.8 Å². The first-order chi connectivity index (χ1) is 12.4. The van der Waals surface area contributed by atoms with Crippen molar-refractivity contribution in [1.29, 1.82) is 0 Å². The van der Waals surface area contributed by atoms with Crippen molar-refractivity contribution in [3.05, 3.63) is 39.7 Å². The zero-order valence-electron chi connectivity index (χ0n) is 14.9. The van der Waals surface area contributed by atoms with Gasteiger partial charge in [-0.1, -0.05) is 0 Å². The van der Waals surface area contributed by atoms with Gasteiger partial charge >= 0.3 is 5.63 Å². The largest absolute Gasteiger partial charge is 0.508 e. The highest BCUT2D eigenvalue weighted by molar-refractivity contribution is 5.83. The van der Waals surface area contributed by atoms with Gasteiger partial charge < -0.3 is 19.3 Å². The van der Waals surface area contributed by atoms with E-state index in [1.807, 2.05) is 6.92 Å².